The molecule has 76 valence electrons. The molecule has 1 aromatic heterocycles. The van der Waals surface area contributed by atoms with Crippen LogP contribution in [0.25, 0.3) is 0 Å². The van der Waals surface area contributed by atoms with E-state index in [9.17, 15) is 0 Å². The molecule has 2 N–H and O–H groups in total. The molecule has 0 amide bonds. The van der Waals surface area contributed by atoms with Gasteiger partial charge in [-0.25, -0.2) is 0 Å². The maximum Gasteiger partial charge on any atom is 0.0149 e. The summed E-state index contributed by atoms with van der Waals surface area (Å²) in [5.74, 6) is 0.811. The fourth-order valence-electron chi connectivity index (χ4n) is 1.60. The van der Waals surface area contributed by atoms with Crippen LogP contribution < -0.4 is 5.32 Å². The maximum atomic E-state index is 3.26. The number of aromatic nitrogens is 1. The Morgan fingerprint density at radius 2 is 2.46 bits per heavy atom. The largest absolute Gasteiger partial charge is 0.365 e. The Kier molecular flexibility index (Phi) is 4.61. The topological polar surface area (TPSA) is 27.8 Å². The van der Waals surface area contributed by atoms with Gasteiger partial charge in [-0.2, -0.15) is 0 Å². The quantitative estimate of drug-likeness (QED) is 0.695. The first-order valence-electron chi connectivity index (χ1n) is 5.13. The minimum absolute atomic E-state index is 0. The first-order chi connectivity index (χ1) is 6.36. The molecule has 0 aromatic carbocycles. The first kappa shape index (κ1) is 10.3. The number of rotatable bonds is 6. The first-order valence-corrected chi connectivity index (χ1v) is 5.13. The third kappa shape index (κ3) is 3.64. The molecule has 0 aliphatic carbocycles. The molecule has 0 spiro atoms. The van der Waals surface area contributed by atoms with E-state index >= 15 is 0 Å². The summed E-state index contributed by atoms with van der Waals surface area (Å²) in [5.41, 5.74) is 1.36. The average molecular weight is 182 g/mol. The molecule has 0 saturated carbocycles. The highest BCUT2D eigenvalue weighted by Gasteiger charge is 2.06. The molecule has 1 aromatic rings. The Morgan fingerprint density at radius 3 is 3.00 bits per heavy atom. The molecular weight excluding hydrogens is 160 g/mol. The van der Waals surface area contributed by atoms with Gasteiger partial charge in [0, 0.05) is 13.3 Å². The summed E-state index contributed by atoms with van der Waals surface area (Å²) in [6.07, 6.45) is 5.72. The molecule has 0 saturated heterocycles. The Morgan fingerprint density at radius 1 is 1.62 bits per heavy atom. The monoisotopic (exact) mass is 182 g/mol. The molecule has 1 heterocycles. The number of H-pyrrole nitrogens is 1. The van der Waals surface area contributed by atoms with Gasteiger partial charge in [0.25, 0.3) is 0 Å². The Balaban J connectivity index is 0.00000169. The predicted octanol–water partition coefficient (Wildman–Crippen LogP) is 2.44. The van der Waals surface area contributed by atoms with E-state index in [0.717, 1.165) is 12.5 Å². The smallest absolute Gasteiger partial charge is 0.0149 e. The Bertz CT molecular complexity index is 209. The molecule has 2 nitrogen and oxygen atoms in total. The summed E-state index contributed by atoms with van der Waals surface area (Å²) in [7, 11) is 2.02. The van der Waals surface area contributed by atoms with Gasteiger partial charge in [-0.1, -0.05) is 13.3 Å². The molecule has 1 unspecified atom stereocenters. The van der Waals surface area contributed by atoms with Gasteiger partial charge < -0.3 is 10.3 Å². The summed E-state index contributed by atoms with van der Waals surface area (Å²) in [6.45, 7) is 3.39. The zero-order valence-corrected chi connectivity index (χ0v) is 8.64. The van der Waals surface area contributed by atoms with E-state index in [1.54, 1.807) is 0 Å². The lowest BCUT2D eigenvalue weighted by Crippen LogP contribution is -2.14. The highest BCUT2D eigenvalue weighted by atomic mass is 14.8. The van der Waals surface area contributed by atoms with Crippen LogP contribution in [-0.2, 0) is 6.42 Å². The van der Waals surface area contributed by atoms with Crippen LogP contribution in [0.3, 0.4) is 0 Å². The molecule has 13 heavy (non-hydrogen) atoms. The van der Waals surface area contributed by atoms with Gasteiger partial charge in [0.1, 0.15) is 0 Å². The van der Waals surface area contributed by atoms with Crippen molar-refractivity contribution in [1.29, 1.82) is 0 Å². The lowest BCUT2D eigenvalue weighted by molar-refractivity contribution is 0.455. The highest BCUT2D eigenvalue weighted by Crippen LogP contribution is 2.13. The van der Waals surface area contributed by atoms with Gasteiger partial charge in [-0.3, -0.25) is 0 Å². The molecule has 2 heteroatoms. The zero-order valence-electron chi connectivity index (χ0n) is 8.64. The molecule has 0 radical (unpaired) electrons. The molecule has 0 fully saturated rings. The summed E-state index contributed by atoms with van der Waals surface area (Å²) < 4.78 is 0. The van der Waals surface area contributed by atoms with E-state index in [1.807, 2.05) is 13.2 Å². The van der Waals surface area contributed by atoms with Crippen molar-refractivity contribution in [2.75, 3.05) is 13.6 Å². The number of nitrogens with one attached hydrogen (secondary N) is 2. The van der Waals surface area contributed by atoms with E-state index < -0.39 is 0 Å². The van der Waals surface area contributed by atoms with Crippen LogP contribution >= 0.6 is 0 Å². The van der Waals surface area contributed by atoms with E-state index in [0.29, 0.717) is 0 Å². The van der Waals surface area contributed by atoms with Crippen LogP contribution in [0.15, 0.2) is 18.3 Å². The van der Waals surface area contributed by atoms with Gasteiger partial charge >= 0.3 is 0 Å². The van der Waals surface area contributed by atoms with E-state index in [-0.39, 0.29) is 1.43 Å². The van der Waals surface area contributed by atoms with Gasteiger partial charge in [0.05, 0.1) is 0 Å². The van der Waals surface area contributed by atoms with Crippen molar-refractivity contribution < 1.29 is 1.43 Å². The summed E-state index contributed by atoms with van der Waals surface area (Å²) in [5, 5.41) is 3.20. The number of aromatic amines is 1. The van der Waals surface area contributed by atoms with Crippen molar-refractivity contribution >= 4 is 0 Å². The molecule has 0 aliphatic heterocycles. The molecule has 0 bridgehead atoms. The van der Waals surface area contributed by atoms with Gasteiger partial charge in [0.15, 0.2) is 0 Å². The second kappa shape index (κ2) is 5.81. The van der Waals surface area contributed by atoms with Crippen LogP contribution in [0.4, 0.5) is 0 Å². The normalized spacial score (nSPS) is 13.1. The standard InChI is InChI=1S/C11H20N2.H2/c1-3-10(6-8-12-2)9-11-5-4-7-13-11;/h4-5,7,10,12-13H,3,6,8-9H2,1-2H3;1H. The van der Waals surface area contributed by atoms with Crippen molar-refractivity contribution in [3.8, 4) is 0 Å². The third-order valence-corrected chi connectivity index (χ3v) is 2.55. The van der Waals surface area contributed by atoms with Crippen LogP contribution in [0.1, 0.15) is 26.9 Å². The Labute approximate surface area is 82.2 Å². The summed E-state index contributed by atoms with van der Waals surface area (Å²) in [6, 6.07) is 4.24. The number of hydrogen-bond acceptors (Lipinski definition) is 1. The maximum absolute atomic E-state index is 3.26. The lowest BCUT2D eigenvalue weighted by Gasteiger charge is -2.13. The van der Waals surface area contributed by atoms with Crippen molar-refractivity contribution in [2.24, 2.45) is 5.92 Å². The van der Waals surface area contributed by atoms with E-state index in [1.165, 1.54) is 25.0 Å². The van der Waals surface area contributed by atoms with E-state index in [2.05, 4.69) is 29.4 Å². The minimum atomic E-state index is 0. The fraction of sp³-hybridized carbons (Fsp3) is 0.636. The van der Waals surface area contributed by atoms with Gasteiger partial charge in [0.2, 0.25) is 0 Å². The molecule has 1 rings (SSSR count). The van der Waals surface area contributed by atoms with Crippen molar-refractivity contribution in [2.45, 2.75) is 26.2 Å². The summed E-state index contributed by atoms with van der Waals surface area (Å²) in [4.78, 5) is 3.26. The SMILES string of the molecule is CCC(CCNC)Cc1ccc[nH]1.[HH]. The number of hydrogen-bond donors (Lipinski definition) is 2. The predicted molar refractivity (Wildman–Crippen MR) is 58.9 cm³/mol. The zero-order chi connectivity index (χ0) is 9.52. The fourth-order valence-corrected chi connectivity index (χ4v) is 1.60. The van der Waals surface area contributed by atoms with Gasteiger partial charge in [-0.15, -0.1) is 0 Å². The van der Waals surface area contributed by atoms with Crippen LogP contribution in [0.5, 0.6) is 0 Å². The third-order valence-electron chi connectivity index (χ3n) is 2.55. The average Bonchev–Trinajstić information content (AvgIpc) is 2.64. The molecule has 1 atom stereocenters. The van der Waals surface area contributed by atoms with E-state index in [4.69, 9.17) is 0 Å². The second-order valence-electron chi connectivity index (χ2n) is 3.57. The summed E-state index contributed by atoms with van der Waals surface area (Å²) >= 11 is 0. The molecular formula is C11H22N2. The van der Waals surface area contributed by atoms with Crippen LogP contribution in [0.2, 0.25) is 0 Å². The minimum Gasteiger partial charge on any atom is -0.365 e. The second-order valence-corrected chi connectivity index (χ2v) is 3.57. The van der Waals surface area contributed by atoms with Crippen molar-refractivity contribution in [3.63, 3.8) is 0 Å². The van der Waals surface area contributed by atoms with Crippen LogP contribution in [-0.4, -0.2) is 18.6 Å². The highest BCUT2D eigenvalue weighted by molar-refractivity contribution is 5.04. The van der Waals surface area contributed by atoms with Gasteiger partial charge in [-0.05, 0) is 44.5 Å². The van der Waals surface area contributed by atoms with Crippen LogP contribution in [0, 0.1) is 5.92 Å². The van der Waals surface area contributed by atoms with Crippen molar-refractivity contribution in [1.82, 2.24) is 10.3 Å². The molecule has 0 aliphatic rings. The van der Waals surface area contributed by atoms with Crippen molar-refractivity contribution in [3.05, 3.63) is 24.0 Å². The lowest BCUT2D eigenvalue weighted by atomic mass is 9.97. The Hall–Kier alpha value is -0.760.